The second-order valence-electron chi connectivity index (χ2n) is 6.94. The first-order valence-electron chi connectivity index (χ1n) is 9.25. The molecule has 3 heterocycles. The first kappa shape index (κ1) is 19.2. The van der Waals surface area contributed by atoms with Gasteiger partial charge in [-0.25, -0.2) is 9.37 Å². The van der Waals surface area contributed by atoms with E-state index in [1.165, 1.54) is 10.6 Å². The summed E-state index contributed by atoms with van der Waals surface area (Å²) in [4.78, 5) is 19.0. The molecule has 1 aromatic carbocycles. The number of pyridine rings is 2. The largest absolute Gasteiger partial charge is 0.487 e. The van der Waals surface area contributed by atoms with Crippen molar-refractivity contribution in [1.82, 2.24) is 9.55 Å². The number of ether oxygens (including phenoxy) is 1. The van der Waals surface area contributed by atoms with Crippen LogP contribution in [0.1, 0.15) is 18.4 Å². The molecule has 4 rings (SSSR count). The van der Waals surface area contributed by atoms with Crippen molar-refractivity contribution in [1.29, 1.82) is 5.26 Å². The molecule has 1 fully saturated rings. The zero-order valence-electron chi connectivity index (χ0n) is 15.7. The Morgan fingerprint density at radius 2 is 1.97 bits per heavy atom. The van der Waals surface area contributed by atoms with E-state index in [0.717, 1.165) is 0 Å². The van der Waals surface area contributed by atoms with Crippen LogP contribution in [0.5, 0.6) is 5.75 Å². The maximum absolute atomic E-state index is 13.9. The molecule has 0 radical (unpaired) electrons. The number of nitriles is 1. The molecule has 8 heteroatoms. The van der Waals surface area contributed by atoms with Crippen LogP contribution in [0.4, 0.5) is 10.1 Å². The van der Waals surface area contributed by atoms with Gasteiger partial charge in [0.15, 0.2) is 11.6 Å². The van der Waals surface area contributed by atoms with E-state index >= 15 is 0 Å². The maximum Gasteiger partial charge on any atom is 0.270 e. The van der Waals surface area contributed by atoms with Gasteiger partial charge in [0.2, 0.25) is 0 Å². The van der Waals surface area contributed by atoms with E-state index in [2.05, 4.69) is 4.98 Å². The number of fused-ring (bicyclic) bond motifs is 1. The van der Waals surface area contributed by atoms with Crippen LogP contribution in [0.2, 0.25) is 5.15 Å². The number of anilines is 1. The average Bonchev–Trinajstić information content (AvgIpc) is 2.73. The highest BCUT2D eigenvalue weighted by Gasteiger charge is 2.27. The minimum atomic E-state index is -0.391. The summed E-state index contributed by atoms with van der Waals surface area (Å²) in [6.07, 6.45) is 1.09. The average molecular weight is 413 g/mol. The molecule has 0 saturated carbocycles. The Kier molecular flexibility index (Phi) is 5.12. The van der Waals surface area contributed by atoms with Crippen molar-refractivity contribution in [3.8, 4) is 11.8 Å². The molecule has 0 bridgehead atoms. The van der Waals surface area contributed by atoms with Gasteiger partial charge in [-0.15, -0.1) is 0 Å². The van der Waals surface area contributed by atoms with E-state index < -0.39 is 5.82 Å². The predicted molar refractivity (Wildman–Crippen MR) is 109 cm³/mol. The van der Waals surface area contributed by atoms with Gasteiger partial charge in [0, 0.05) is 33.0 Å². The number of hydrogen-bond donors (Lipinski definition) is 0. The second-order valence-corrected chi connectivity index (χ2v) is 7.32. The molecule has 0 atom stereocenters. The number of piperidine rings is 1. The summed E-state index contributed by atoms with van der Waals surface area (Å²) in [5.74, 6) is -0.158. The van der Waals surface area contributed by atoms with Crippen molar-refractivity contribution in [3.05, 3.63) is 63.3 Å². The van der Waals surface area contributed by atoms with Crippen LogP contribution < -0.4 is 15.2 Å². The molecule has 29 heavy (non-hydrogen) atoms. The Morgan fingerprint density at radius 3 is 2.66 bits per heavy atom. The van der Waals surface area contributed by atoms with Crippen molar-refractivity contribution in [2.24, 2.45) is 7.05 Å². The lowest BCUT2D eigenvalue weighted by Crippen LogP contribution is -2.40. The van der Waals surface area contributed by atoms with Crippen LogP contribution >= 0.6 is 11.6 Å². The lowest BCUT2D eigenvalue weighted by atomic mass is 10.0. The summed E-state index contributed by atoms with van der Waals surface area (Å²) < 4.78 is 21.1. The fourth-order valence-corrected chi connectivity index (χ4v) is 3.84. The number of hydrogen-bond acceptors (Lipinski definition) is 5. The second kappa shape index (κ2) is 7.72. The molecule has 1 aliphatic rings. The van der Waals surface area contributed by atoms with Gasteiger partial charge < -0.3 is 14.2 Å². The van der Waals surface area contributed by atoms with E-state index in [1.54, 1.807) is 37.4 Å². The third kappa shape index (κ3) is 3.52. The predicted octanol–water partition coefficient (Wildman–Crippen LogP) is 3.65. The molecule has 0 amide bonds. The number of rotatable bonds is 3. The van der Waals surface area contributed by atoms with E-state index in [1.807, 2.05) is 11.0 Å². The van der Waals surface area contributed by atoms with Crippen molar-refractivity contribution >= 4 is 28.3 Å². The van der Waals surface area contributed by atoms with Crippen LogP contribution in [-0.2, 0) is 7.05 Å². The van der Waals surface area contributed by atoms with Gasteiger partial charge in [-0.1, -0.05) is 23.7 Å². The third-order valence-electron chi connectivity index (χ3n) is 5.18. The number of benzene rings is 1. The molecule has 2 aromatic heterocycles. The van der Waals surface area contributed by atoms with Gasteiger partial charge in [-0.05, 0) is 24.3 Å². The van der Waals surface area contributed by atoms with Crippen LogP contribution in [-0.4, -0.2) is 28.7 Å². The molecule has 6 nitrogen and oxygen atoms in total. The lowest BCUT2D eigenvalue weighted by Gasteiger charge is -2.34. The minimum Gasteiger partial charge on any atom is -0.487 e. The first-order valence-corrected chi connectivity index (χ1v) is 9.63. The lowest BCUT2D eigenvalue weighted by molar-refractivity contribution is 0.164. The zero-order valence-corrected chi connectivity index (χ0v) is 16.5. The first-order chi connectivity index (χ1) is 14.0. The highest BCUT2D eigenvalue weighted by atomic mass is 35.5. The Morgan fingerprint density at radius 1 is 1.24 bits per heavy atom. The number of halogens is 2. The molecule has 0 unspecified atom stereocenters. The van der Waals surface area contributed by atoms with Crippen LogP contribution in [0.15, 0.2) is 41.2 Å². The van der Waals surface area contributed by atoms with Crippen LogP contribution in [0.3, 0.4) is 0 Å². The van der Waals surface area contributed by atoms with E-state index in [-0.39, 0.29) is 23.0 Å². The highest BCUT2D eigenvalue weighted by Crippen LogP contribution is 2.31. The Bertz CT molecular complexity index is 1180. The smallest absolute Gasteiger partial charge is 0.270 e. The zero-order chi connectivity index (χ0) is 20.5. The SMILES string of the molecule is Cn1c(=O)c(C#N)c(N2CCC(Oc3ccccc3F)CC2)c2nc(Cl)ccc21. The molecule has 0 N–H and O–H groups in total. The Balaban J connectivity index is 1.66. The Hall–Kier alpha value is -3.11. The van der Waals surface area contributed by atoms with Crippen molar-refractivity contribution in [2.45, 2.75) is 18.9 Å². The van der Waals surface area contributed by atoms with Gasteiger partial charge in [0.25, 0.3) is 5.56 Å². The number of aryl methyl sites for hydroxylation is 1. The highest BCUT2D eigenvalue weighted by molar-refractivity contribution is 6.29. The molecule has 1 saturated heterocycles. The van der Waals surface area contributed by atoms with Gasteiger partial charge in [-0.2, -0.15) is 5.26 Å². The fraction of sp³-hybridized carbons (Fsp3) is 0.286. The van der Waals surface area contributed by atoms with Crippen LogP contribution in [0, 0.1) is 17.1 Å². The van der Waals surface area contributed by atoms with Gasteiger partial charge in [0.05, 0.1) is 11.2 Å². The molecule has 1 aliphatic heterocycles. The van der Waals surface area contributed by atoms with Crippen molar-refractivity contribution < 1.29 is 9.13 Å². The topological polar surface area (TPSA) is 71.2 Å². The summed E-state index contributed by atoms with van der Waals surface area (Å²) >= 11 is 6.09. The molecular weight excluding hydrogens is 395 g/mol. The number of aromatic nitrogens is 2. The Labute approximate surface area is 171 Å². The van der Waals surface area contributed by atoms with Crippen molar-refractivity contribution in [2.75, 3.05) is 18.0 Å². The van der Waals surface area contributed by atoms with Gasteiger partial charge >= 0.3 is 0 Å². The minimum absolute atomic E-state index is 0.0447. The molecule has 0 aliphatic carbocycles. The molecule has 0 spiro atoms. The number of para-hydroxylation sites is 1. The molecule has 148 valence electrons. The molecular formula is C21H18ClFN4O2. The monoisotopic (exact) mass is 412 g/mol. The standard InChI is InChI=1S/C21H18ClFN4O2/c1-26-16-6-7-18(22)25-19(16)20(14(12-24)21(26)28)27-10-8-13(9-11-27)29-17-5-3-2-4-15(17)23/h2-7,13H,8-11H2,1H3. The maximum atomic E-state index is 13.9. The van der Waals surface area contributed by atoms with Gasteiger partial charge in [0.1, 0.15) is 28.4 Å². The quantitative estimate of drug-likeness (QED) is 0.614. The normalized spacial score (nSPS) is 14.8. The third-order valence-corrected chi connectivity index (χ3v) is 5.39. The molecule has 3 aromatic rings. The van der Waals surface area contributed by atoms with Crippen molar-refractivity contribution in [3.63, 3.8) is 0 Å². The summed E-state index contributed by atoms with van der Waals surface area (Å²) in [5.41, 5.74) is 1.30. The summed E-state index contributed by atoms with van der Waals surface area (Å²) in [6, 6.07) is 11.7. The fourth-order valence-electron chi connectivity index (χ4n) is 3.70. The van der Waals surface area contributed by atoms with Gasteiger partial charge in [-0.3, -0.25) is 4.79 Å². The van der Waals surface area contributed by atoms with E-state index in [4.69, 9.17) is 16.3 Å². The van der Waals surface area contributed by atoms with E-state index in [9.17, 15) is 14.4 Å². The van der Waals surface area contributed by atoms with E-state index in [0.29, 0.717) is 47.8 Å². The van der Waals surface area contributed by atoms with Crippen LogP contribution in [0.25, 0.3) is 11.0 Å². The summed E-state index contributed by atoms with van der Waals surface area (Å²) in [7, 11) is 1.61. The number of nitrogens with zero attached hydrogens (tertiary/aromatic N) is 4. The summed E-state index contributed by atoms with van der Waals surface area (Å²) in [6.45, 7) is 1.09. The summed E-state index contributed by atoms with van der Waals surface area (Å²) in [5, 5.41) is 9.93.